The molecule has 0 aliphatic carbocycles. The fraction of sp³-hybridized carbons (Fsp3) is 0.0769. The van der Waals surface area contributed by atoms with Crippen molar-refractivity contribution in [2.75, 3.05) is 7.11 Å². The van der Waals surface area contributed by atoms with Crippen LogP contribution in [0.25, 0.3) is 11.3 Å². The minimum absolute atomic E-state index is 0.0725. The Bertz CT molecular complexity index is 686. The highest BCUT2D eigenvalue weighted by atomic mass is 35.5. The van der Waals surface area contributed by atoms with Crippen LogP contribution in [0.3, 0.4) is 0 Å². The number of carbonyl (C=O) groups excluding carboxylic acids is 1. The van der Waals surface area contributed by atoms with E-state index in [1.54, 1.807) is 6.07 Å². The second-order valence-corrected chi connectivity index (χ2v) is 5.76. The van der Waals surface area contributed by atoms with Gasteiger partial charge in [0.15, 0.2) is 0 Å². The predicted molar refractivity (Wildman–Crippen MR) is 86.1 cm³/mol. The van der Waals surface area contributed by atoms with Crippen LogP contribution in [0.1, 0.15) is 10.4 Å². The zero-order valence-electron chi connectivity index (χ0n) is 10.4. The molecule has 2 aromatic rings. The van der Waals surface area contributed by atoms with Crippen LogP contribution in [0.4, 0.5) is 0 Å². The maximum Gasteiger partial charge on any atom is 0.339 e. The summed E-state index contributed by atoms with van der Waals surface area (Å²) in [7, 11) is 1.28. The molecule has 0 aliphatic rings. The Morgan fingerprint density at radius 2 is 1.48 bits per heavy atom. The Hall–Kier alpha value is -0.710. The third-order valence-corrected chi connectivity index (χ3v) is 4.93. The number of halogens is 5. The van der Waals surface area contributed by atoms with Gasteiger partial charge in [-0.3, -0.25) is 4.98 Å². The van der Waals surface area contributed by atoms with Crippen molar-refractivity contribution in [3.63, 3.8) is 0 Å². The fourth-order valence-corrected chi connectivity index (χ4v) is 2.94. The lowest BCUT2D eigenvalue weighted by atomic mass is 10.1. The fourth-order valence-electron chi connectivity index (χ4n) is 1.61. The number of hydrogen-bond acceptors (Lipinski definition) is 3. The first-order chi connectivity index (χ1) is 9.88. The zero-order valence-corrected chi connectivity index (χ0v) is 14.2. The van der Waals surface area contributed by atoms with E-state index in [0.717, 1.165) is 0 Å². The summed E-state index contributed by atoms with van der Waals surface area (Å²) < 4.78 is 4.59. The van der Waals surface area contributed by atoms with Crippen LogP contribution < -0.4 is 0 Å². The highest BCUT2D eigenvalue weighted by Crippen LogP contribution is 2.47. The Kier molecular flexibility index (Phi) is 5.23. The van der Waals surface area contributed by atoms with E-state index in [2.05, 4.69) is 9.72 Å². The standard InChI is InChI=1S/C13H6Cl5NO2/c1-21-13(20)5-2-3-6(19-4-5)7-8(14)10(16)12(18)11(17)9(7)15/h2-4H,1H3. The summed E-state index contributed by atoms with van der Waals surface area (Å²) in [6.45, 7) is 0. The molecule has 0 atom stereocenters. The lowest BCUT2D eigenvalue weighted by molar-refractivity contribution is 0.0600. The Morgan fingerprint density at radius 3 is 1.90 bits per heavy atom. The van der Waals surface area contributed by atoms with Crippen molar-refractivity contribution in [1.82, 2.24) is 4.98 Å². The number of methoxy groups -OCH3 is 1. The van der Waals surface area contributed by atoms with Crippen molar-refractivity contribution >= 4 is 64.0 Å². The van der Waals surface area contributed by atoms with Gasteiger partial charge in [-0.25, -0.2) is 4.79 Å². The normalized spacial score (nSPS) is 10.6. The van der Waals surface area contributed by atoms with Gasteiger partial charge in [0.25, 0.3) is 0 Å². The highest BCUT2D eigenvalue weighted by Gasteiger charge is 2.21. The molecule has 0 amide bonds. The van der Waals surface area contributed by atoms with Crippen LogP contribution in [0.15, 0.2) is 18.3 Å². The molecule has 1 aromatic carbocycles. The molecular weight excluding hydrogens is 379 g/mol. The van der Waals surface area contributed by atoms with Gasteiger partial charge in [0.2, 0.25) is 0 Å². The number of carbonyl (C=O) groups is 1. The highest BCUT2D eigenvalue weighted by molar-refractivity contribution is 6.56. The Balaban J connectivity index is 2.60. The first kappa shape index (κ1) is 16.7. The third kappa shape index (κ3) is 3.08. The topological polar surface area (TPSA) is 39.2 Å². The summed E-state index contributed by atoms with van der Waals surface area (Å²) in [6.07, 6.45) is 1.34. The average Bonchev–Trinajstić information content (AvgIpc) is 2.51. The van der Waals surface area contributed by atoms with Gasteiger partial charge in [-0.1, -0.05) is 58.0 Å². The Labute approximate surface area is 145 Å². The molecule has 0 saturated heterocycles. The zero-order chi connectivity index (χ0) is 15.7. The first-order valence-corrected chi connectivity index (χ1v) is 7.33. The molecule has 0 aliphatic heterocycles. The molecule has 21 heavy (non-hydrogen) atoms. The molecule has 0 radical (unpaired) electrons. The van der Waals surface area contributed by atoms with Crippen LogP contribution in [0.2, 0.25) is 25.1 Å². The van der Waals surface area contributed by atoms with Gasteiger partial charge >= 0.3 is 5.97 Å². The van der Waals surface area contributed by atoms with E-state index in [0.29, 0.717) is 16.8 Å². The van der Waals surface area contributed by atoms with Crippen molar-refractivity contribution in [3.05, 3.63) is 49.0 Å². The van der Waals surface area contributed by atoms with E-state index < -0.39 is 5.97 Å². The Morgan fingerprint density at radius 1 is 0.952 bits per heavy atom. The monoisotopic (exact) mass is 383 g/mol. The smallest absolute Gasteiger partial charge is 0.339 e. The van der Waals surface area contributed by atoms with E-state index >= 15 is 0 Å². The van der Waals surface area contributed by atoms with Crippen LogP contribution in [0.5, 0.6) is 0 Å². The van der Waals surface area contributed by atoms with Gasteiger partial charge in [0, 0.05) is 11.8 Å². The molecule has 0 bridgehead atoms. The van der Waals surface area contributed by atoms with Crippen LogP contribution in [-0.2, 0) is 4.74 Å². The number of benzene rings is 1. The second kappa shape index (κ2) is 6.59. The van der Waals surface area contributed by atoms with Crippen LogP contribution in [-0.4, -0.2) is 18.1 Å². The van der Waals surface area contributed by atoms with E-state index in [4.69, 9.17) is 58.0 Å². The summed E-state index contributed by atoms with van der Waals surface area (Å²) in [5, 5.41) is 0.509. The van der Waals surface area contributed by atoms with Crippen molar-refractivity contribution in [3.8, 4) is 11.3 Å². The number of hydrogen-bond donors (Lipinski definition) is 0. The van der Waals surface area contributed by atoms with Gasteiger partial charge in [-0.05, 0) is 12.1 Å². The number of aromatic nitrogens is 1. The number of rotatable bonds is 2. The summed E-state index contributed by atoms with van der Waals surface area (Å²) in [5.41, 5.74) is 1.03. The third-order valence-electron chi connectivity index (χ3n) is 2.65. The predicted octanol–water partition coefficient (Wildman–Crippen LogP) is 5.80. The van der Waals surface area contributed by atoms with Gasteiger partial charge in [-0.15, -0.1) is 0 Å². The van der Waals surface area contributed by atoms with Gasteiger partial charge < -0.3 is 4.74 Å². The largest absolute Gasteiger partial charge is 0.465 e. The molecule has 0 saturated carbocycles. The molecule has 1 aromatic heterocycles. The van der Waals surface area contributed by atoms with Crippen molar-refractivity contribution in [2.45, 2.75) is 0 Å². The van der Waals surface area contributed by atoms with E-state index in [9.17, 15) is 4.79 Å². The van der Waals surface area contributed by atoms with E-state index in [1.165, 1.54) is 19.4 Å². The van der Waals surface area contributed by atoms with Crippen LogP contribution in [0, 0.1) is 0 Å². The average molecular weight is 385 g/mol. The molecule has 1 heterocycles. The number of esters is 1. The summed E-state index contributed by atoms with van der Waals surface area (Å²) in [5.74, 6) is -0.501. The maximum absolute atomic E-state index is 11.4. The summed E-state index contributed by atoms with van der Waals surface area (Å²) in [6, 6.07) is 3.08. The molecule has 3 nitrogen and oxygen atoms in total. The summed E-state index contributed by atoms with van der Waals surface area (Å²) >= 11 is 30.2. The quantitative estimate of drug-likeness (QED) is 0.372. The van der Waals surface area contributed by atoms with Gasteiger partial charge in [0.1, 0.15) is 0 Å². The van der Waals surface area contributed by atoms with Crippen molar-refractivity contribution in [2.24, 2.45) is 0 Å². The first-order valence-electron chi connectivity index (χ1n) is 5.44. The molecule has 2 rings (SSSR count). The molecule has 0 N–H and O–H groups in total. The van der Waals surface area contributed by atoms with Gasteiger partial charge in [-0.2, -0.15) is 0 Å². The van der Waals surface area contributed by atoms with Crippen molar-refractivity contribution in [1.29, 1.82) is 0 Å². The lowest BCUT2D eigenvalue weighted by Crippen LogP contribution is -2.01. The maximum atomic E-state index is 11.4. The van der Waals surface area contributed by atoms with E-state index in [-0.39, 0.29) is 25.1 Å². The molecule has 0 unspecified atom stereocenters. The van der Waals surface area contributed by atoms with Gasteiger partial charge in [0.05, 0.1) is 43.5 Å². The van der Waals surface area contributed by atoms with Crippen LogP contribution >= 0.6 is 58.0 Å². The molecule has 0 fully saturated rings. The van der Waals surface area contributed by atoms with E-state index in [1.807, 2.05) is 0 Å². The lowest BCUT2D eigenvalue weighted by Gasteiger charge is -2.12. The summed E-state index contributed by atoms with van der Waals surface area (Å²) in [4.78, 5) is 15.5. The minimum Gasteiger partial charge on any atom is -0.465 e. The molecular formula is C13H6Cl5NO2. The molecule has 8 heteroatoms. The minimum atomic E-state index is -0.501. The number of pyridine rings is 1. The second-order valence-electron chi connectivity index (χ2n) is 3.87. The van der Waals surface area contributed by atoms with Crippen molar-refractivity contribution < 1.29 is 9.53 Å². The number of ether oxygens (including phenoxy) is 1. The number of nitrogens with zero attached hydrogens (tertiary/aromatic N) is 1. The molecule has 110 valence electrons. The SMILES string of the molecule is COC(=O)c1ccc(-c2c(Cl)c(Cl)c(Cl)c(Cl)c2Cl)nc1. The molecule has 0 spiro atoms.